The average Bonchev–Trinajstić information content (AvgIpc) is 2.28. The Morgan fingerprint density at radius 3 is 2.53 bits per heavy atom. The van der Waals surface area contributed by atoms with Crippen LogP contribution in [-0.4, -0.2) is 17.8 Å². The molecule has 1 aromatic carbocycles. The minimum atomic E-state index is 0.270. The van der Waals surface area contributed by atoms with Crippen molar-refractivity contribution in [1.29, 1.82) is 0 Å². The van der Waals surface area contributed by atoms with Gasteiger partial charge in [-0.2, -0.15) is 0 Å². The maximum atomic E-state index is 8.92. The lowest BCUT2D eigenvalue weighted by Gasteiger charge is -2.16. The van der Waals surface area contributed by atoms with E-state index in [1.165, 1.54) is 5.56 Å². The van der Waals surface area contributed by atoms with Crippen LogP contribution in [0.1, 0.15) is 31.7 Å². The van der Waals surface area contributed by atoms with Crippen LogP contribution in [0.25, 0.3) is 0 Å². The molecule has 1 unspecified atom stereocenters. The molecule has 0 aliphatic carbocycles. The Bertz CT molecular complexity index is 242. The molecule has 0 heterocycles. The van der Waals surface area contributed by atoms with Gasteiger partial charge in [0.25, 0.3) is 0 Å². The second-order valence-electron chi connectivity index (χ2n) is 3.86. The largest absolute Gasteiger partial charge is 0.396 e. The first kappa shape index (κ1) is 12.2. The van der Waals surface area contributed by atoms with Gasteiger partial charge in [-0.1, -0.05) is 43.7 Å². The highest BCUT2D eigenvalue weighted by Crippen LogP contribution is 2.04. The summed E-state index contributed by atoms with van der Waals surface area (Å²) in [5, 5.41) is 12.4. The third-order valence-corrected chi connectivity index (χ3v) is 2.55. The summed E-state index contributed by atoms with van der Waals surface area (Å²) in [5.41, 5.74) is 1.30. The second kappa shape index (κ2) is 7.43. The van der Waals surface area contributed by atoms with Crippen molar-refractivity contribution in [2.45, 2.75) is 38.8 Å². The van der Waals surface area contributed by atoms with E-state index in [4.69, 9.17) is 5.11 Å². The number of hydrogen-bond donors (Lipinski definition) is 2. The molecule has 0 aliphatic rings. The molecule has 0 saturated carbocycles. The molecule has 0 fully saturated rings. The number of aliphatic hydroxyl groups excluding tert-OH is 1. The fourth-order valence-electron chi connectivity index (χ4n) is 1.71. The molecule has 1 atom stereocenters. The molecule has 0 aliphatic heterocycles. The second-order valence-corrected chi connectivity index (χ2v) is 3.86. The van der Waals surface area contributed by atoms with E-state index in [-0.39, 0.29) is 6.61 Å². The molecule has 0 aromatic heterocycles. The molecule has 15 heavy (non-hydrogen) atoms. The van der Waals surface area contributed by atoms with E-state index in [1.54, 1.807) is 0 Å². The lowest BCUT2D eigenvalue weighted by molar-refractivity contribution is 0.259. The van der Waals surface area contributed by atoms with Crippen molar-refractivity contribution in [3.8, 4) is 0 Å². The number of hydrogen-bond acceptors (Lipinski definition) is 2. The number of aliphatic hydroxyl groups is 1. The molecule has 1 aromatic rings. The third-order valence-electron chi connectivity index (χ3n) is 2.55. The molecule has 0 bridgehead atoms. The summed E-state index contributed by atoms with van der Waals surface area (Å²) in [6.07, 6.45) is 3.14. The van der Waals surface area contributed by atoms with E-state index in [9.17, 15) is 0 Å². The topological polar surface area (TPSA) is 32.3 Å². The maximum Gasteiger partial charge on any atom is 0.0445 e. The van der Waals surface area contributed by atoms with E-state index in [1.807, 2.05) is 6.07 Å². The molecule has 2 nitrogen and oxygen atoms in total. The Labute approximate surface area is 92.3 Å². The van der Waals surface area contributed by atoms with Crippen LogP contribution >= 0.6 is 0 Å². The van der Waals surface area contributed by atoms with Crippen LogP contribution < -0.4 is 5.32 Å². The normalized spacial score (nSPS) is 12.7. The monoisotopic (exact) mass is 207 g/mol. The molecule has 0 radical (unpaired) electrons. The summed E-state index contributed by atoms with van der Waals surface area (Å²) < 4.78 is 0. The zero-order chi connectivity index (χ0) is 10.9. The molecule has 84 valence electrons. The lowest BCUT2D eigenvalue weighted by Crippen LogP contribution is -2.29. The van der Waals surface area contributed by atoms with E-state index in [0.717, 1.165) is 25.8 Å². The van der Waals surface area contributed by atoms with Gasteiger partial charge >= 0.3 is 0 Å². The molecule has 0 saturated heterocycles. The predicted octanol–water partition coefficient (Wildman–Crippen LogP) is 2.33. The van der Waals surface area contributed by atoms with E-state index in [2.05, 4.69) is 36.5 Å². The van der Waals surface area contributed by atoms with Gasteiger partial charge in [0.1, 0.15) is 0 Å². The summed E-state index contributed by atoms with van der Waals surface area (Å²) in [6, 6.07) is 10.8. The van der Waals surface area contributed by atoms with Crippen LogP contribution in [-0.2, 0) is 6.54 Å². The number of rotatable bonds is 7. The fourth-order valence-corrected chi connectivity index (χ4v) is 1.71. The highest BCUT2D eigenvalue weighted by molar-refractivity contribution is 5.14. The van der Waals surface area contributed by atoms with E-state index < -0.39 is 0 Å². The summed E-state index contributed by atoms with van der Waals surface area (Å²) >= 11 is 0. The van der Waals surface area contributed by atoms with Crippen LogP contribution in [0.3, 0.4) is 0 Å². The molecule has 1 rings (SSSR count). The number of benzene rings is 1. The van der Waals surface area contributed by atoms with Crippen LogP contribution in [0.4, 0.5) is 0 Å². The van der Waals surface area contributed by atoms with Crippen molar-refractivity contribution >= 4 is 0 Å². The Morgan fingerprint density at radius 1 is 1.20 bits per heavy atom. The fraction of sp³-hybridized carbons (Fsp3) is 0.538. The van der Waals surface area contributed by atoms with Crippen molar-refractivity contribution in [3.05, 3.63) is 35.9 Å². The van der Waals surface area contributed by atoms with Crippen LogP contribution in [0.15, 0.2) is 30.3 Å². The lowest BCUT2D eigenvalue weighted by atomic mass is 10.1. The van der Waals surface area contributed by atoms with Gasteiger partial charge in [0.2, 0.25) is 0 Å². The minimum Gasteiger partial charge on any atom is -0.396 e. The van der Waals surface area contributed by atoms with Crippen LogP contribution in [0.2, 0.25) is 0 Å². The van der Waals surface area contributed by atoms with Crippen molar-refractivity contribution < 1.29 is 5.11 Å². The van der Waals surface area contributed by atoms with Crippen molar-refractivity contribution in [1.82, 2.24) is 5.32 Å². The molecule has 2 heteroatoms. The van der Waals surface area contributed by atoms with Gasteiger partial charge in [0.15, 0.2) is 0 Å². The molecule has 0 spiro atoms. The Hall–Kier alpha value is -0.860. The average molecular weight is 207 g/mol. The van der Waals surface area contributed by atoms with E-state index >= 15 is 0 Å². The van der Waals surface area contributed by atoms with Crippen molar-refractivity contribution in [3.63, 3.8) is 0 Å². The predicted molar refractivity (Wildman–Crippen MR) is 63.7 cm³/mol. The smallest absolute Gasteiger partial charge is 0.0445 e. The van der Waals surface area contributed by atoms with Crippen molar-refractivity contribution in [2.75, 3.05) is 6.61 Å². The zero-order valence-electron chi connectivity index (χ0n) is 9.45. The SMILES string of the molecule is CCCC(CCO)NCc1ccccc1. The first-order chi connectivity index (χ1) is 7.36. The summed E-state index contributed by atoms with van der Waals surface area (Å²) in [7, 11) is 0. The third kappa shape index (κ3) is 4.96. The molecular formula is C13H21NO. The van der Waals surface area contributed by atoms with Crippen molar-refractivity contribution in [2.24, 2.45) is 0 Å². The Balaban J connectivity index is 2.33. The molecule has 2 N–H and O–H groups in total. The van der Waals surface area contributed by atoms with Gasteiger partial charge in [-0.15, -0.1) is 0 Å². The van der Waals surface area contributed by atoms with Gasteiger partial charge in [0, 0.05) is 19.2 Å². The summed E-state index contributed by atoms with van der Waals surface area (Å²) in [4.78, 5) is 0. The highest BCUT2D eigenvalue weighted by atomic mass is 16.3. The number of nitrogens with one attached hydrogen (secondary N) is 1. The first-order valence-corrected chi connectivity index (χ1v) is 5.75. The standard InChI is InChI=1S/C13H21NO/c1-2-6-13(9-10-15)14-11-12-7-4-3-5-8-12/h3-5,7-8,13-15H,2,6,9-11H2,1H3. The summed E-state index contributed by atoms with van der Waals surface area (Å²) in [5.74, 6) is 0. The molecule has 0 amide bonds. The Morgan fingerprint density at radius 2 is 1.93 bits per heavy atom. The highest BCUT2D eigenvalue weighted by Gasteiger charge is 2.05. The first-order valence-electron chi connectivity index (χ1n) is 5.75. The molecular weight excluding hydrogens is 186 g/mol. The Kier molecular flexibility index (Phi) is 6.05. The van der Waals surface area contributed by atoms with Crippen LogP contribution in [0.5, 0.6) is 0 Å². The van der Waals surface area contributed by atoms with Gasteiger partial charge in [0.05, 0.1) is 0 Å². The quantitative estimate of drug-likeness (QED) is 0.719. The van der Waals surface area contributed by atoms with Crippen LogP contribution in [0, 0.1) is 0 Å². The van der Waals surface area contributed by atoms with Gasteiger partial charge in [-0.05, 0) is 18.4 Å². The minimum absolute atomic E-state index is 0.270. The zero-order valence-corrected chi connectivity index (χ0v) is 9.45. The van der Waals surface area contributed by atoms with Gasteiger partial charge in [-0.3, -0.25) is 0 Å². The van der Waals surface area contributed by atoms with Gasteiger partial charge < -0.3 is 10.4 Å². The maximum absolute atomic E-state index is 8.92. The summed E-state index contributed by atoms with van der Waals surface area (Å²) in [6.45, 7) is 3.34. The van der Waals surface area contributed by atoms with E-state index in [0.29, 0.717) is 6.04 Å². The van der Waals surface area contributed by atoms with Gasteiger partial charge in [-0.25, -0.2) is 0 Å².